The van der Waals surface area contributed by atoms with Crippen molar-refractivity contribution in [2.24, 2.45) is 0 Å². The zero-order chi connectivity index (χ0) is 16.3. The van der Waals surface area contributed by atoms with Gasteiger partial charge in [0, 0.05) is 11.8 Å². The maximum absolute atomic E-state index is 14.2. The molecule has 1 atom stereocenters. The van der Waals surface area contributed by atoms with E-state index in [-0.39, 0.29) is 17.0 Å². The number of aromatic nitrogens is 1. The normalized spacial score (nSPS) is 12.5. The summed E-state index contributed by atoms with van der Waals surface area (Å²) in [5.41, 5.74) is -1.21. The molecule has 0 bridgehead atoms. The van der Waals surface area contributed by atoms with Crippen LogP contribution < -0.4 is 4.74 Å². The molecule has 22 heavy (non-hydrogen) atoms. The molecule has 2 aromatic rings. The Bertz CT molecular complexity index is 722. The van der Waals surface area contributed by atoms with E-state index in [0.29, 0.717) is 0 Å². The third kappa shape index (κ3) is 3.01. The summed E-state index contributed by atoms with van der Waals surface area (Å²) >= 11 is 0. The lowest BCUT2D eigenvalue weighted by molar-refractivity contribution is -0.137. The number of ether oxygens (including phenoxy) is 1. The van der Waals surface area contributed by atoms with Crippen molar-refractivity contribution in [3.8, 4) is 11.8 Å². The monoisotopic (exact) mass is 310 g/mol. The van der Waals surface area contributed by atoms with Crippen LogP contribution in [0.4, 0.5) is 17.6 Å². The van der Waals surface area contributed by atoms with Crippen molar-refractivity contribution in [2.45, 2.75) is 12.1 Å². The fraction of sp³-hybridized carbons (Fsp3) is 0.200. The number of hydrogen-bond acceptors (Lipinski definition) is 3. The van der Waals surface area contributed by atoms with Gasteiger partial charge in [0.1, 0.15) is 5.92 Å². The van der Waals surface area contributed by atoms with Crippen LogP contribution in [0.2, 0.25) is 0 Å². The van der Waals surface area contributed by atoms with Gasteiger partial charge in [0.05, 0.1) is 24.4 Å². The molecular formula is C15H10F4N2O. The Labute approximate surface area is 123 Å². The van der Waals surface area contributed by atoms with Gasteiger partial charge in [0.2, 0.25) is 0 Å². The van der Waals surface area contributed by atoms with Crippen LogP contribution in [0.1, 0.15) is 22.7 Å². The molecule has 0 saturated carbocycles. The second-order valence-corrected chi connectivity index (χ2v) is 4.39. The molecule has 1 heterocycles. The third-order valence-corrected chi connectivity index (χ3v) is 3.06. The molecule has 1 unspecified atom stereocenters. The van der Waals surface area contributed by atoms with Crippen molar-refractivity contribution in [3.05, 3.63) is 59.2 Å². The van der Waals surface area contributed by atoms with E-state index in [1.165, 1.54) is 25.3 Å². The number of hydrogen-bond donors (Lipinski definition) is 0. The number of nitrogens with zero attached hydrogens (tertiary/aromatic N) is 2. The van der Waals surface area contributed by atoms with E-state index in [0.717, 1.165) is 18.3 Å². The lowest BCUT2D eigenvalue weighted by Gasteiger charge is -2.14. The summed E-state index contributed by atoms with van der Waals surface area (Å²) in [6.07, 6.45) is -3.62. The molecule has 0 amide bonds. The van der Waals surface area contributed by atoms with E-state index in [4.69, 9.17) is 4.74 Å². The average molecular weight is 310 g/mol. The zero-order valence-corrected chi connectivity index (χ0v) is 11.4. The van der Waals surface area contributed by atoms with E-state index in [9.17, 15) is 22.8 Å². The van der Waals surface area contributed by atoms with Gasteiger partial charge in [0.15, 0.2) is 11.6 Å². The largest absolute Gasteiger partial charge is 0.494 e. The zero-order valence-electron chi connectivity index (χ0n) is 11.4. The number of benzene rings is 1. The Morgan fingerprint density at radius 1 is 1.27 bits per heavy atom. The Kier molecular flexibility index (Phi) is 4.31. The number of alkyl halides is 3. The SMILES string of the molecule is COc1cccc(C(C#N)c2cc(C(F)(F)F)ccn2)c1F. The quantitative estimate of drug-likeness (QED) is 0.808. The van der Waals surface area contributed by atoms with Gasteiger partial charge in [-0.05, 0) is 18.2 Å². The van der Waals surface area contributed by atoms with Crippen molar-refractivity contribution < 1.29 is 22.3 Å². The summed E-state index contributed by atoms with van der Waals surface area (Å²) in [6.45, 7) is 0. The van der Waals surface area contributed by atoms with Gasteiger partial charge in [-0.2, -0.15) is 18.4 Å². The molecule has 0 saturated heterocycles. The van der Waals surface area contributed by atoms with Gasteiger partial charge < -0.3 is 4.74 Å². The van der Waals surface area contributed by atoms with E-state index in [2.05, 4.69) is 4.98 Å². The summed E-state index contributed by atoms with van der Waals surface area (Å²) in [6, 6.07) is 7.44. The predicted octanol–water partition coefficient (Wildman–Crippen LogP) is 3.90. The van der Waals surface area contributed by atoms with Crippen LogP contribution in [0.3, 0.4) is 0 Å². The van der Waals surface area contributed by atoms with Gasteiger partial charge in [0.25, 0.3) is 0 Å². The van der Waals surface area contributed by atoms with Gasteiger partial charge in [-0.15, -0.1) is 0 Å². The first kappa shape index (κ1) is 15.8. The first-order chi connectivity index (χ1) is 10.4. The van der Waals surface area contributed by atoms with Crippen LogP contribution in [-0.4, -0.2) is 12.1 Å². The first-order valence-electron chi connectivity index (χ1n) is 6.13. The molecule has 0 fully saturated rings. The van der Waals surface area contributed by atoms with Gasteiger partial charge >= 0.3 is 6.18 Å². The van der Waals surface area contributed by atoms with E-state index >= 15 is 0 Å². The summed E-state index contributed by atoms with van der Waals surface area (Å²) in [4.78, 5) is 3.77. The molecule has 0 aliphatic rings. The van der Waals surface area contributed by atoms with Crippen LogP contribution in [0.5, 0.6) is 5.75 Å². The highest BCUT2D eigenvalue weighted by Crippen LogP contribution is 2.33. The van der Waals surface area contributed by atoms with Gasteiger partial charge in [-0.3, -0.25) is 4.98 Å². The number of halogens is 4. The fourth-order valence-corrected chi connectivity index (χ4v) is 1.99. The summed E-state index contributed by atoms with van der Waals surface area (Å²) in [7, 11) is 1.26. The third-order valence-electron chi connectivity index (χ3n) is 3.06. The number of methoxy groups -OCH3 is 1. The van der Waals surface area contributed by atoms with Crippen LogP contribution in [0.15, 0.2) is 36.5 Å². The summed E-state index contributed by atoms with van der Waals surface area (Å²) in [5.74, 6) is -2.15. The molecule has 0 aliphatic heterocycles. The highest BCUT2D eigenvalue weighted by molar-refractivity contribution is 5.41. The Morgan fingerprint density at radius 2 is 2.00 bits per heavy atom. The van der Waals surface area contributed by atoms with E-state index in [1.54, 1.807) is 6.07 Å². The topological polar surface area (TPSA) is 45.9 Å². The highest BCUT2D eigenvalue weighted by Gasteiger charge is 2.32. The molecule has 0 aliphatic carbocycles. The van der Waals surface area contributed by atoms with Crippen molar-refractivity contribution >= 4 is 0 Å². The predicted molar refractivity (Wildman–Crippen MR) is 69.6 cm³/mol. The molecule has 7 heteroatoms. The fourth-order valence-electron chi connectivity index (χ4n) is 1.99. The van der Waals surface area contributed by atoms with Gasteiger partial charge in [-0.1, -0.05) is 12.1 Å². The second-order valence-electron chi connectivity index (χ2n) is 4.39. The molecule has 114 valence electrons. The summed E-state index contributed by atoms with van der Waals surface area (Å²) in [5, 5.41) is 9.24. The van der Waals surface area contributed by atoms with Crippen molar-refractivity contribution in [1.82, 2.24) is 4.98 Å². The number of nitriles is 1. The minimum absolute atomic E-state index is 0.0892. The van der Waals surface area contributed by atoms with E-state index in [1.807, 2.05) is 0 Å². The average Bonchev–Trinajstić information content (AvgIpc) is 2.49. The molecule has 3 nitrogen and oxygen atoms in total. The Hall–Kier alpha value is -2.62. The minimum atomic E-state index is -4.56. The van der Waals surface area contributed by atoms with Crippen LogP contribution >= 0.6 is 0 Å². The lowest BCUT2D eigenvalue weighted by atomic mass is 9.95. The highest BCUT2D eigenvalue weighted by atomic mass is 19.4. The van der Waals surface area contributed by atoms with Crippen LogP contribution in [-0.2, 0) is 6.18 Å². The maximum atomic E-state index is 14.2. The molecular weight excluding hydrogens is 300 g/mol. The Balaban J connectivity index is 2.53. The van der Waals surface area contributed by atoms with Crippen molar-refractivity contribution in [3.63, 3.8) is 0 Å². The van der Waals surface area contributed by atoms with Crippen molar-refractivity contribution in [2.75, 3.05) is 7.11 Å². The molecule has 2 rings (SSSR count). The standard InChI is InChI=1S/C15H10F4N2O/c1-22-13-4-2-3-10(14(13)16)11(8-20)12-7-9(5-6-21-12)15(17,18)19/h2-7,11H,1H3. The minimum Gasteiger partial charge on any atom is -0.494 e. The lowest BCUT2D eigenvalue weighted by Crippen LogP contribution is -2.09. The van der Waals surface area contributed by atoms with Crippen molar-refractivity contribution in [1.29, 1.82) is 5.26 Å². The molecule has 0 radical (unpaired) electrons. The van der Waals surface area contributed by atoms with E-state index < -0.39 is 23.5 Å². The molecule has 0 spiro atoms. The first-order valence-corrected chi connectivity index (χ1v) is 6.13. The maximum Gasteiger partial charge on any atom is 0.416 e. The molecule has 1 aromatic carbocycles. The summed E-state index contributed by atoms with van der Waals surface area (Å²) < 4.78 is 57.2. The molecule has 0 N–H and O–H groups in total. The van der Waals surface area contributed by atoms with Crippen LogP contribution in [0.25, 0.3) is 0 Å². The second kappa shape index (κ2) is 6.02. The number of pyridine rings is 1. The molecule has 1 aromatic heterocycles. The smallest absolute Gasteiger partial charge is 0.416 e. The number of rotatable bonds is 3. The van der Waals surface area contributed by atoms with Crippen LogP contribution in [0, 0.1) is 17.1 Å². The van der Waals surface area contributed by atoms with Gasteiger partial charge in [-0.25, -0.2) is 4.39 Å². The Morgan fingerprint density at radius 3 is 2.59 bits per heavy atom.